The molecular weight excluding hydrogens is 332 g/mol. The van der Waals surface area contributed by atoms with E-state index >= 15 is 0 Å². The lowest BCUT2D eigenvalue weighted by molar-refractivity contribution is 0.0935. The molecular formula is C18H20N6O2. The van der Waals surface area contributed by atoms with Crippen molar-refractivity contribution in [2.75, 3.05) is 18.0 Å². The molecule has 2 aromatic heterocycles. The molecule has 0 radical (unpaired) electrons. The first-order chi connectivity index (χ1) is 12.6. The standard InChI is InChI=1S/C18H20N6O2/c1-23-9-7-19-16(18(23)26)24-8-3-4-12(11-24)21-17(25)13-5-2-6-15-14(13)10-20-22-15/h2,5-7,9-10,12H,3-4,8,11H2,1H3,(H,20,22)(H,21,25)/t12-/m0/s1. The molecule has 8 nitrogen and oxygen atoms in total. The van der Waals surface area contributed by atoms with Crippen LogP contribution in [-0.2, 0) is 7.05 Å². The highest BCUT2D eigenvalue weighted by molar-refractivity contribution is 6.06. The fourth-order valence-corrected chi connectivity index (χ4v) is 3.42. The molecule has 0 saturated carbocycles. The number of piperidine rings is 1. The maximum Gasteiger partial charge on any atom is 0.293 e. The van der Waals surface area contributed by atoms with E-state index in [0.717, 1.165) is 30.3 Å². The number of hydrogen-bond acceptors (Lipinski definition) is 5. The summed E-state index contributed by atoms with van der Waals surface area (Å²) in [5.74, 6) is 0.309. The smallest absolute Gasteiger partial charge is 0.293 e. The van der Waals surface area contributed by atoms with Crippen LogP contribution in [-0.4, -0.2) is 44.8 Å². The molecule has 0 bridgehead atoms. The van der Waals surface area contributed by atoms with Gasteiger partial charge in [-0.1, -0.05) is 6.07 Å². The summed E-state index contributed by atoms with van der Waals surface area (Å²) >= 11 is 0. The highest BCUT2D eigenvalue weighted by atomic mass is 16.2. The summed E-state index contributed by atoms with van der Waals surface area (Å²) in [6.07, 6.45) is 6.69. The number of fused-ring (bicyclic) bond motifs is 1. The number of nitrogens with one attached hydrogen (secondary N) is 2. The van der Waals surface area contributed by atoms with Crippen molar-refractivity contribution in [1.82, 2.24) is 25.1 Å². The van der Waals surface area contributed by atoms with Crippen molar-refractivity contribution in [1.29, 1.82) is 0 Å². The first-order valence-electron chi connectivity index (χ1n) is 8.63. The summed E-state index contributed by atoms with van der Waals surface area (Å²) in [6, 6.07) is 5.48. The molecule has 0 aliphatic carbocycles. The Kier molecular flexibility index (Phi) is 4.16. The van der Waals surface area contributed by atoms with E-state index in [1.54, 1.807) is 31.7 Å². The Balaban J connectivity index is 1.52. The third kappa shape index (κ3) is 2.94. The van der Waals surface area contributed by atoms with E-state index in [9.17, 15) is 9.59 Å². The Bertz CT molecular complexity index is 1010. The summed E-state index contributed by atoms with van der Waals surface area (Å²) in [5.41, 5.74) is 1.31. The van der Waals surface area contributed by atoms with E-state index in [1.165, 1.54) is 4.57 Å². The summed E-state index contributed by atoms with van der Waals surface area (Å²) < 4.78 is 1.52. The van der Waals surface area contributed by atoms with E-state index in [2.05, 4.69) is 20.5 Å². The number of carbonyl (C=O) groups is 1. The number of anilines is 1. The molecule has 1 amide bonds. The Morgan fingerprint density at radius 1 is 1.38 bits per heavy atom. The maximum absolute atomic E-state index is 12.7. The molecule has 2 N–H and O–H groups in total. The average Bonchev–Trinajstić information content (AvgIpc) is 3.13. The summed E-state index contributed by atoms with van der Waals surface area (Å²) in [7, 11) is 1.71. The zero-order valence-electron chi connectivity index (χ0n) is 14.5. The van der Waals surface area contributed by atoms with Gasteiger partial charge in [0, 0.05) is 44.0 Å². The fourth-order valence-electron chi connectivity index (χ4n) is 3.42. The van der Waals surface area contributed by atoms with Crippen molar-refractivity contribution < 1.29 is 4.79 Å². The topological polar surface area (TPSA) is 95.9 Å². The van der Waals surface area contributed by atoms with Crippen LogP contribution >= 0.6 is 0 Å². The van der Waals surface area contributed by atoms with E-state index in [0.29, 0.717) is 17.9 Å². The Labute approximate surface area is 149 Å². The third-order valence-corrected chi connectivity index (χ3v) is 4.78. The molecule has 0 unspecified atom stereocenters. The Hall–Kier alpha value is -3.16. The number of aryl methyl sites for hydroxylation is 1. The monoisotopic (exact) mass is 352 g/mol. The lowest BCUT2D eigenvalue weighted by Crippen LogP contribution is -2.49. The number of rotatable bonds is 3. The van der Waals surface area contributed by atoms with Gasteiger partial charge in [0.25, 0.3) is 11.5 Å². The molecule has 0 spiro atoms. The molecule has 1 fully saturated rings. The zero-order chi connectivity index (χ0) is 18.1. The van der Waals surface area contributed by atoms with Gasteiger partial charge in [0.1, 0.15) is 0 Å². The number of hydrogen-bond donors (Lipinski definition) is 2. The quantitative estimate of drug-likeness (QED) is 0.735. The number of amides is 1. The lowest BCUT2D eigenvalue weighted by atomic mass is 10.0. The van der Waals surface area contributed by atoms with Crippen LogP contribution in [0.15, 0.2) is 41.6 Å². The lowest BCUT2D eigenvalue weighted by Gasteiger charge is -2.33. The second-order valence-corrected chi connectivity index (χ2v) is 6.56. The third-order valence-electron chi connectivity index (χ3n) is 4.78. The predicted octanol–water partition coefficient (Wildman–Crippen LogP) is 1.06. The molecule has 1 aromatic carbocycles. The highest BCUT2D eigenvalue weighted by Crippen LogP contribution is 2.18. The van der Waals surface area contributed by atoms with Crippen molar-refractivity contribution in [3.05, 3.63) is 52.7 Å². The predicted molar refractivity (Wildman–Crippen MR) is 98.3 cm³/mol. The highest BCUT2D eigenvalue weighted by Gasteiger charge is 2.25. The average molecular weight is 352 g/mol. The first-order valence-corrected chi connectivity index (χ1v) is 8.63. The van der Waals surface area contributed by atoms with Crippen LogP contribution in [0.1, 0.15) is 23.2 Å². The second kappa shape index (κ2) is 6.62. The van der Waals surface area contributed by atoms with E-state index < -0.39 is 0 Å². The van der Waals surface area contributed by atoms with Crippen molar-refractivity contribution in [3.63, 3.8) is 0 Å². The van der Waals surface area contributed by atoms with Crippen LogP contribution in [0.2, 0.25) is 0 Å². The molecule has 8 heteroatoms. The van der Waals surface area contributed by atoms with Gasteiger partial charge in [-0.15, -0.1) is 0 Å². The summed E-state index contributed by atoms with van der Waals surface area (Å²) in [4.78, 5) is 31.2. The molecule has 1 aliphatic rings. The number of aromatic amines is 1. The number of carbonyl (C=O) groups excluding carboxylic acids is 1. The van der Waals surface area contributed by atoms with Gasteiger partial charge in [0.05, 0.1) is 17.3 Å². The van der Waals surface area contributed by atoms with Crippen molar-refractivity contribution in [3.8, 4) is 0 Å². The largest absolute Gasteiger partial charge is 0.350 e. The van der Waals surface area contributed by atoms with Crippen molar-refractivity contribution >= 4 is 22.6 Å². The van der Waals surface area contributed by atoms with Crippen LogP contribution in [0.3, 0.4) is 0 Å². The van der Waals surface area contributed by atoms with Crippen LogP contribution in [0, 0.1) is 0 Å². The van der Waals surface area contributed by atoms with Gasteiger partial charge in [-0.3, -0.25) is 14.7 Å². The summed E-state index contributed by atoms with van der Waals surface area (Å²) in [6.45, 7) is 1.33. The number of H-pyrrole nitrogens is 1. The normalized spacial score (nSPS) is 17.4. The van der Waals surface area contributed by atoms with E-state index in [1.807, 2.05) is 17.0 Å². The molecule has 1 aliphatic heterocycles. The van der Waals surface area contributed by atoms with E-state index in [-0.39, 0.29) is 17.5 Å². The maximum atomic E-state index is 12.7. The minimum absolute atomic E-state index is 0.0369. The molecule has 26 heavy (non-hydrogen) atoms. The second-order valence-electron chi connectivity index (χ2n) is 6.56. The Morgan fingerprint density at radius 2 is 2.27 bits per heavy atom. The van der Waals surface area contributed by atoms with Crippen LogP contribution in [0.5, 0.6) is 0 Å². The van der Waals surface area contributed by atoms with Crippen molar-refractivity contribution in [2.24, 2.45) is 7.05 Å². The number of benzene rings is 1. The van der Waals surface area contributed by atoms with Gasteiger partial charge in [0.2, 0.25) is 0 Å². The van der Waals surface area contributed by atoms with Gasteiger partial charge >= 0.3 is 0 Å². The molecule has 134 valence electrons. The van der Waals surface area contributed by atoms with Gasteiger partial charge in [0.15, 0.2) is 5.82 Å². The van der Waals surface area contributed by atoms with Gasteiger partial charge in [-0.05, 0) is 25.0 Å². The van der Waals surface area contributed by atoms with Gasteiger partial charge in [-0.2, -0.15) is 5.10 Å². The number of aromatic nitrogens is 4. The Morgan fingerprint density at radius 3 is 3.15 bits per heavy atom. The molecule has 3 heterocycles. The van der Waals surface area contributed by atoms with E-state index in [4.69, 9.17) is 0 Å². The molecule has 3 aromatic rings. The SMILES string of the molecule is Cn1ccnc(N2CCC[C@H](NC(=O)c3cccc4[nH]ncc34)C2)c1=O. The molecule has 1 saturated heterocycles. The minimum atomic E-state index is -0.127. The first kappa shape index (κ1) is 16.3. The minimum Gasteiger partial charge on any atom is -0.350 e. The van der Waals surface area contributed by atoms with Crippen molar-refractivity contribution in [2.45, 2.75) is 18.9 Å². The van der Waals surface area contributed by atoms with Crippen LogP contribution < -0.4 is 15.8 Å². The zero-order valence-corrected chi connectivity index (χ0v) is 14.5. The van der Waals surface area contributed by atoms with Gasteiger partial charge < -0.3 is 14.8 Å². The van der Waals surface area contributed by atoms with Crippen LogP contribution in [0.4, 0.5) is 5.82 Å². The van der Waals surface area contributed by atoms with Gasteiger partial charge in [-0.25, -0.2) is 4.98 Å². The fraction of sp³-hybridized carbons (Fsp3) is 0.333. The molecule has 4 rings (SSSR count). The summed E-state index contributed by atoms with van der Waals surface area (Å²) in [5, 5.41) is 10.8. The molecule has 1 atom stereocenters. The number of nitrogens with zero attached hydrogens (tertiary/aromatic N) is 4. The van der Waals surface area contributed by atoms with Crippen LogP contribution in [0.25, 0.3) is 10.9 Å².